The van der Waals surface area contributed by atoms with Crippen LogP contribution in [-0.2, 0) is 4.79 Å². The quantitative estimate of drug-likeness (QED) is 0.576. The molecule has 0 aromatic carbocycles. The average Bonchev–Trinajstić information content (AvgIpc) is 2.44. The Labute approximate surface area is 137 Å². The number of rotatable bonds is 3. The van der Waals surface area contributed by atoms with Crippen LogP contribution < -0.4 is 0 Å². The van der Waals surface area contributed by atoms with E-state index in [-0.39, 0.29) is 5.41 Å². The molecular formula is C21H34O. The molecule has 0 amide bonds. The van der Waals surface area contributed by atoms with Crippen molar-refractivity contribution in [2.45, 2.75) is 80.6 Å². The summed E-state index contributed by atoms with van der Waals surface area (Å²) in [5, 5.41) is 0. The molecule has 3 atom stereocenters. The topological polar surface area (TPSA) is 17.1 Å². The molecule has 0 aromatic rings. The van der Waals surface area contributed by atoms with Crippen LogP contribution >= 0.6 is 0 Å². The monoisotopic (exact) mass is 302 g/mol. The first kappa shape index (κ1) is 17.5. The van der Waals surface area contributed by atoms with Crippen molar-refractivity contribution in [3.8, 4) is 0 Å². The third-order valence-corrected chi connectivity index (χ3v) is 7.12. The number of hydrogen-bond acceptors (Lipinski definition) is 1. The Morgan fingerprint density at radius 1 is 1.23 bits per heavy atom. The van der Waals surface area contributed by atoms with Crippen LogP contribution in [0.3, 0.4) is 0 Å². The lowest BCUT2D eigenvalue weighted by molar-refractivity contribution is -0.117. The SMILES string of the molecule is CCC1(C(C)C2C(C)=CCCC2(C)C)CCC(=O)C(C)=C1C. The molecule has 2 aliphatic rings. The van der Waals surface area contributed by atoms with Crippen LogP contribution in [0.25, 0.3) is 0 Å². The third kappa shape index (κ3) is 2.61. The van der Waals surface area contributed by atoms with Crippen LogP contribution in [0, 0.1) is 22.7 Å². The largest absolute Gasteiger partial charge is 0.295 e. The van der Waals surface area contributed by atoms with E-state index in [9.17, 15) is 4.79 Å². The van der Waals surface area contributed by atoms with Crippen molar-refractivity contribution in [1.82, 2.24) is 0 Å². The van der Waals surface area contributed by atoms with Gasteiger partial charge in [0.05, 0.1) is 0 Å². The third-order valence-electron chi connectivity index (χ3n) is 7.12. The van der Waals surface area contributed by atoms with E-state index in [1.165, 1.54) is 18.4 Å². The van der Waals surface area contributed by atoms with Gasteiger partial charge in [-0.05, 0) is 74.7 Å². The molecule has 0 aliphatic heterocycles. The molecule has 0 saturated heterocycles. The van der Waals surface area contributed by atoms with E-state index in [0.29, 0.717) is 23.0 Å². The molecule has 1 nitrogen and oxygen atoms in total. The van der Waals surface area contributed by atoms with Gasteiger partial charge < -0.3 is 0 Å². The number of carbonyl (C=O) groups excluding carboxylic acids is 1. The van der Waals surface area contributed by atoms with Crippen LogP contribution in [-0.4, -0.2) is 5.78 Å². The first-order valence-electron chi connectivity index (χ1n) is 9.05. The van der Waals surface area contributed by atoms with Crippen LogP contribution in [0.2, 0.25) is 0 Å². The molecule has 0 spiro atoms. The number of hydrogen-bond donors (Lipinski definition) is 0. The highest BCUT2D eigenvalue weighted by Crippen LogP contribution is 2.56. The van der Waals surface area contributed by atoms with Crippen molar-refractivity contribution in [3.63, 3.8) is 0 Å². The fourth-order valence-corrected chi connectivity index (χ4v) is 5.59. The maximum atomic E-state index is 12.1. The normalized spacial score (nSPS) is 33.7. The Morgan fingerprint density at radius 3 is 2.41 bits per heavy atom. The molecule has 2 aliphatic carbocycles. The molecule has 0 aromatic heterocycles. The highest BCUT2D eigenvalue weighted by molar-refractivity contribution is 5.96. The fourth-order valence-electron chi connectivity index (χ4n) is 5.59. The van der Waals surface area contributed by atoms with E-state index in [0.717, 1.165) is 24.8 Å². The number of carbonyl (C=O) groups is 1. The summed E-state index contributed by atoms with van der Waals surface area (Å²) in [5.74, 6) is 1.58. The summed E-state index contributed by atoms with van der Waals surface area (Å²) in [6, 6.07) is 0. The first-order chi connectivity index (χ1) is 10.2. The Kier molecular flexibility index (Phi) is 4.76. The van der Waals surface area contributed by atoms with Gasteiger partial charge >= 0.3 is 0 Å². The fraction of sp³-hybridized carbons (Fsp3) is 0.762. The Morgan fingerprint density at radius 2 is 1.86 bits per heavy atom. The van der Waals surface area contributed by atoms with Gasteiger partial charge in [-0.3, -0.25) is 4.79 Å². The molecule has 0 N–H and O–H groups in total. The predicted octanol–water partition coefficient (Wildman–Crippen LogP) is 6.10. The zero-order valence-electron chi connectivity index (χ0n) is 15.7. The minimum Gasteiger partial charge on any atom is -0.295 e. The molecule has 2 rings (SSSR count). The summed E-state index contributed by atoms with van der Waals surface area (Å²) < 4.78 is 0. The molecular weight excluding hydrogens is 268 g/mol. The summed E-state index contributed by atoms with van der Waals surface area (Å²) in [5.41, 5.74) is 4.53. The van der Waals surface area contributed by atoms with Crippen molar-refractivity contribution in [2.75, 3.05) is 0 Å². The summed E-state index contributed by atoms with van der Waals surface area (Å²) in [4.78, 5) is 12.1. The molecule has 124 valence electrons. The van der Waals surface area contributed by atoms with E-state index in [2.05, 4.69) is 47.6 Å². The van der Waals surface area contributed by atoms with Crippen molar-refractivity contribution >= 4 is 5.78 Å². The Balaban J connectivity index is 2.49. The van der Waals surface area contributed by atoms with Gasteiger partial charge in [0.15, 0.2) is 5.78 Å². The second-order valence-corrected chi connectivity index (χ2v) is 8.42. The van der Waals surface area contributed by atoms with Crippen molar-refractivity contribution < 1.29 is 4.79 Å². The number of ketones is 1. The summed E-state index contributed by atoms with van der Waals surface area (Å²) in [7, 11) is 0. The minimum absolute atomic E-state index is 0.201. The lowest BCUT2D eigenvalue weighted by Crippen LogP contribution is -2.44. The van der Waals surface area contributed by atoms with Crippen molar-refractivity contribution in [1.29, 1.82) is 0 Å². The van der Waals surface area contributed by atoms with Crippen molar-refractivity contribution in [2.24, 2.45) is 22.7 Å². The summed E-state index contributed by atoms with van der Waals surface area (Å²) in [6.45, 7) is 16.2. The predicted molar refractivity (Wildman–Crippen MR) is 94.8 cm³/mol. The van der Waals surface area contributed by atoms with Gasteiger partial charge in [-0.2, -0.15) is 0 Å². The minimum atomic E-state index is 0.201. The molecule has 0 fully saturated rings. The standard InChI is InChI=1S/C21H34O/c1-8-21(13-11-18(22)15(3)16(21)4)17(5)19-14(2)10-9-12-20(19,6)7/h10,17,19H,8-9,11-13H2,1-7H3. The smallest absolute Gasteiger partial charge is 0.158 e. The van der Waals surface area contributed by atoms with Crippen LogP contribution in [0.5, 0.6) is 0 Å². The second kappa shape index (κ2) is 5.98. The van der Waals surface area contributed by atoms with Crippen LogP contribution in [0.15, 0.2) is 22.8 Å². The maximum Gasteiger partial charge on any atom is 0.158 e. The van der Waals surface area contributed by atoms with Crippen molar-refractivity contribution in [3.05, 3.63) is 22.8 Å². The van der Waals surface area contributed by atoms with Gasteiger partial charge in [-0.1, -0.05) is 44.9 Å². The van der Waals surface area contributed by atoms with E-state index in [4.69, 9.17) is 0 Å². The highest BCUT2D eigenvalue weighted by atomic mass is 16.1. The summed E-state index contributed by atoms with van der Waals surface area (Å²) >= 11 is 0. The molecule has 1 heteroatoms. The van der Waals surface area contributed by atoms with Gasteiger partial charge in [-0.25, -0.2) is 0 Å². The Bertz CT molecular complexity index is 520. The van der Waals surface area contributed by atoms with E-state index in [1.807, 2.05) is 6.92 Å². The first-order valence-corrected chi connectivity index (χ1v) is 9.05. The van der Waals surface area contributed by atoms with Crippen LogP contribution in [0.4, 0.5) is 0 Å². The lowest BCUT2D eigenvalue weighted by atomic mass is 9.52. The maximum absolute atomic E-state index is 12.1. The zero-order chi connectivity index (χ0) is 16.7. The van der Waals surface area contributed by atoms with Gasteiger partial charge in [-0.15, -0.1) is 0 Å². The van der Waals surface area contributed by atoms with Gasteiger partial charge in [0.25, 0.3) is 0 Å². The zero-order valence-corrected chi connectivity index (χ0v) is 15.7. The number of Topliss-reactive ketones (excluding diaryl/α,β-unsaturated/α-hetero) is 1. The average molecular weight is 303 g/mol. The van der Waals surface area contributed by atoms with Gasteiger partial charge in [0, 0.05) is 6.42 Å². The van der Waals surface area contributed by atoms with Crippen LogP contribution in [0.1, 0.15) is 80.6 Å². The van der Waals surface area contributed by atoms with Gasteiger partial charge in [0.1, 0.15) is 0 Å². The molecule has 0 heterocycles. The van der Waals surface area contributed by atoms with E-state index >= 15 is 0 Å². The van der Waals surface area contributed by atoms with E-state index < -0.39 is 0 Å². The molecule has 3 unspecified atom stereocenters. The molecule has 22 heavy (non-hydrogen) atoms. The number of allylic oxidation sites excluding steroid dienone is 4. The Hall–Kier alpha value is -0.850. The lowest BCUT2D eigenvalue weighted by Gasteiger charge is -2.52. The highest BCUT2D eigenvalue weighted by Gasteiger charge is 2.48. The summed E-state index contributed by atoms with van der Waals surface area (Å²) in [6.07, 6.45) is 7.86. The van der Waals surface area contributed by atoms with Gasteiger partial charge in [0.2, 0.25) is 0 Å². The second-order valence-electron chi connectivity index (χ2n) is 8.42. The molecule has 0 bridgehead atoms. The molecule has 0 radical (unpaired) electrons. The van der Waals surface area contributed by atoms with E-state index in [1.54, 1.807) is 5.57 Å². The molecule has 0 saturated carbocycles.